The number of carbonyl (C=O) groups excluding carboxylic acids is 1. The molecule has 1 aromatic carbocycles. The topological polar surface area (TPSA) is 77.3 Å². The summed E-state index contributed by atoms with van der Waals surface area (Å²) < 4.78 is 45.3. The smallest absolute Gasteiger partial charge is 0.408 e. The number of amides is 1. The summed E-state index contributed by atoms with van der Waals surface area (Å²) in [4.78, 5) is 12.0. The molecule has 1 aliphatic rings. The van der Waals surface area contributed by atoms with E-state index >= 15 is 0 Å². The molecule has 1 amide bonds. The van der Waals surface area contributed by atoms with Crippen molar-refractivity contribution in [2.24, 2.45) is 0 Å². The van der Waals surface area contributed by atoms with Gasteiger partial charge in [-0.3, -0.25) is 10.1 Å². The number of anilines is 1. The second-order valence-corrected chi connectivity index (χ2v) is 5.10. The Morgan fingerprint density at radius 3 is 2.48 bits per heavy atom. The molecule has 1 fully saturated rings. The largest absolute Gasteiger partial charge is 0.573 e. The van der Waals surface area contributed by atoms with Crippen LogP contribution < -0.4 is 10.1 Å². The van der Waals surface area contributed by atoms with Gasteiger partial charge in [-0.25, -0.2) is 0 Å². The van der Waals surface area contributed by atoms with E-state index in [1.54, 1.807) is 0 Å². The minimum absolute atomic E-state index is 0.0347. The Kier molecular flexibility index (Phi) is 3.93. The van der Waals surface area contributed by atoms with Crippen molar-refractivity contribution < 1.29 is 27.1 Å². The van der Waals surface area contributed by atoms with Crippen molar-refractivity contribution in [3.8, 4) is 5.75 Å². The molecule has 1 aliphatic carbocycles. The van der Waals surface area contributed by atoms with Gasteiger partial charge in [0.05, 0.1) is 0 Å². The van der Waals surface area contributed by atoms with Crippen LogP contribution in [0.15, 0.2) is 28.7 Å². The maximum Gasteiger partial charge on any atom is 0.573 e. The van der Waals surface area contributed by atoms with Crippen LogP contribution in [0.1, 0.15) is 41.4 Å². The van der Waals surface area contributed by atoms with E-state index in [0.717, 1.165) is 31.4 Å². The first kappa shape index (κ1) is 15.3. The van der Waals surface area contributed by atoms with Gasteiger partial charge in [-0.1, -0.05) is 11.5 Å². The summed E-state index contributed by atoms with van der Waals surface area (Å²) in [6, 6.07) is 4.48. The first-order valence-electron chi connectivity index (χ1n) is 6.91. The van der Waals surface area contributed by atoms with Crippen LogP contribution in [0.5, 0.6) is 5.75 Å². The van der Waals surface area contributed by atoms with Crippen molar-refractivity contribution >= 4 is 11.9 Å². The predicted octanol–water partition coefficient (Wildman–Crippen LogP) is 3.49. The number of ether oxygens (including phenoxy) is 1. The molecule has 3 rings (SSSR count). The normalized spacial score (nSPS) is 15.1. The standard InChI is InChI=1S/C14H12F3N3O3/c15-14(16,17)23-10-6-4-8(5-7-10)11(21)18-13-20-19-12(22-13)9-2-1-3-9/h4-7,9H,1-3H2,(H,18,20,21). The van der Waals surface area contributed by atoms with E-state index in [-0.39, 0.29) is 17.5 Å². The average molecular weight is 327 g/mol. The zero-order valence-corrected chi connectivity index (χ0v) is 11.8. The van der Waals surface area contributed by atoms with E-state index < -0.39 is 18.0 Å². The van der Waals surface area contributed by atoms with Gasteiger partial charge in [-0.15, -0.1) is 18.3 Å². The first-order chi connectivity index (χ1) is 10.9. The van der Waals surface area contributed by atoms with Crippen LogP contribution in [0.4, 0.5) is 19.2 Å². The fourth-order valence-electron chi connectivity index (χ4n) is 2.08. The van der Waals surface area contributed by atoms with Crippen molar-refractivity contribution in [1.29, 1.82) is 0 Å². The minimum atomic E-state index is -4.77. The third-order valence-electron chi connectivity index (χ3n) is 3.47. The minimum Gasteiger partial charge on any atom is -0.408 e. The Morgan fingerprint density at radius 1 is 1.22 bits per heavy atom. The van der Waals surface area contributed by atoms with Gasteiger partial charge in [-0.2, -0.15) is 0 Å². The van der Waals surface area contributed by atoms with Crippen LogP contribution in [-0.4, -0.2) is 22.5 Å². The first-order valence-corrected chi connectivity index (χ1v) is 6.91. The van der Waals surface area contributed by atoms with Crippen LogP contribution in [0, 0.1) is 0 Å². The van der Waals surface area contributed by atoms with Crippen LogP contribution in [0.3, 0.4) is 0 Å². The van der Waals surface area contributed by atoms with Gasteiger partial charge in [0.25, 0.3) is 5.91 Å². The molecule has 1 saturated carbocycles. The van der Waals surface area contributed by atoms with E-state index in [2.05, 4.69) is 20.3 Å². The highest BCUT2D eigenvalue weighted by atomic mass is 19.4. The van der Waals surface area contributed by atoms with Gasteiger partial charge < -0.3 is 9.15 Å². The summed E-state index contributed by atoms with van der Waals surface area (Å²) in [6.07, 6.45) is -1.70. The molecule has 1 heterocycles. The number of hydrogen-bond acceptors (Lipinski definition) is 5. The molecule has 23 heavy (non-hydrogen) atoms. The Morgan fingerprint density at radius 2 is 1.91 bits per heavy atom. The number of nitrogens with one attached hydrogen (secondary N) is 1. The summed E-state index contributed by atoms with van der Waals surface area (Å²) >= 11 is 0. The third kappa shape index (κ3) is 3.79. The molecule has 9 heteroatoms. The number of aromatic nitrogens is 2. The Balaban J connectivity index is 1.62. The second kappa shape index (κ2) is 5.90. The summed E-state index contributed by atoms with van der Waals surface area (Å²) in [5.74, 6) is -0.237. The molecule has 0 aliphatic heterocycles. The quantitative estimate of drug-likeness (QED) is 0.930. The maximum absolute atomic E-state index is 12.1. The highest BCUT2D eigenvalue weighted by Crippen LogP contribution is 2.35. The number of carbonyl (C=O) groups is 1. The van der Waals surface area contributed by atoms with Crippen LogP contribution >= 0.6 is 0 Å². The number of nitrogens with zero attached hydrogens (tertiary/aromatic N) is 2. The van der Waals surface area contributed by atoms with E-state index in [4.69, 9.17) is 4.42 Å². The molecule has 122 valence electrons. The SMILES string of the molecule is O=C(Nc1nnc(C2CCC2)o1)c1ccc(OC(F)(F)F)cc1. The molecule has 1 N–H and O–H groups in total. The molecule has 6 nitrogen and oxygen atoms in total. The zero-order valence-electron chi connectivity index (χ0n) is 11.8. The second-order valence-electron chi connectivity index (χ2n) is 5.10. The van der Waals surface area contributed by atoms with E-state index in [9.17, 15) is 18.0 Å². The van der Waals surface area contributed by atoms with Crippen molar-refractivity contribution in [3.05, 3.63) is 35.7 Å². The van der Waals surface area contributed by atoms with Gasteiger partial charge in [0, 0.05) is 11.5 Å². The predicted molar refractivity (Wildman–Crippen MR) is 72.0 cm³/mol. The van der Waals surface area contributed by atoms with Crippen molar-refractivity contribution in [2.75, 3.05) is 5.32 Å². The molecule has 0 saturated heterocycles. The maximum atomic E-state index is 12.1. The summed E-state index contributed by atoms with van der Waals surface area (Å²) in [5, 5.41) is 10.00. The van der Waals surface area contributed by atoms with E-state index in [0.29, 0.717) is 5.89 Å². The molecule has 2 aromatic rings. The summed E-state index contributed by atoms with van der Waals surface area (Å²) in [6.45, 7) is 0. The molecular formula is C14H12F3N3O3. The number of halogens is 3. The molecule has 0 atom stereocenters. The fraction of sp³-hybridized carbons (Fsp3) is 0.357. The van der Waals surface area contributed by atoms with Crippen LogP contribution in [-0.2, 0) is 0 Å². The molecule has 0 unspecified atom stereocenters. The number of benzene rings is 1. The summed E-state index contributed by atoms with van der Waals surface area (Å²) in [7, 11) is 0. The highest BCUT2D eigenvalue weighted by Gasteiger charge is 2.31. The van der Waals surface area contributed by atoms with Gasteiger partial charge in [-0.05, 0) is 37.1 Å². The fourth-order valence-corrected chi connectivity index (χ4v) is 2.08. The van der Waals surface area contributed by atoms with Gasteiger partial charge in [0.15, 0.2) is 0 Å². The van der Waals surface area contributed by atoms with Crippen molar-refractivity contribution in [2.45, 2.75) is 31.5 Å². The van der Waals surface area contributed by atoms with Crippen LogP contribution in [0.25, 0.3) is 0 Å². The highest BCUT2D eigenvalue weighted by molar-refractivity contribution is 6.03. The summed E-state index contributed by atoms with van der Waals surface area (Å²) in [5.41, 5.74) is 0.142. The van der Waals surface area contributed by atoms with Crippen LogP contribution in [0.2, 0.25) is 0 Å². The molecule has 1 aromatic heterocycles. The number of hydrogen-bond donors (Lipinski definition) is 1. The number of rotatable bonds is 4. The lowest BCUT2D eigenvalue weighted by Crippen LogP contribution is -2.17. The lowest BCUT2D eigenvalue weighted by atomic mass is 9.85. The van der Waals surface area contributed by atoms with Crippen molar-refractivity contribution in [3.63, 3.8) is 0 Å². The van der Waals surface area contributed by atoms with Gasteiger partial charge in [0.2, 0.25) is 5.89 Å². The van der Waals surface area contributed by atoms with E-state index in [1.165, 1.54) is 12.1 Å². The molecule has 0 spiro atoms. The monoisotopic (exact) mass is 327 g/mol. The Bertz CT molecular complexity index is 693. The lowest BCUT2D eigenvalue weighted by molar-refractivity contribution is -0.274. The van der Waals surface area contributed by atoms with Crippen molar-refractivity contribution in [1.82, 2.24) is 10.2 Å². The lowest BCUT2D eigenvalue weighted by Gasteiger charge is -2.20. The van der Waals surface area contributed by atoms with E-state index in [1.807, 2.05) is 0 Å². The Hall–Kier alpha value is -2.58. The third-order valence-corrected chi connectivity index (χ3v) is 3.47. The molecular weight excluding hydrogens is 315 g/mol. The zero-order chi connectivity index (χ0) is 16.4. The van der Waals surface area contributed by atoms with Gasteiger partial charge in [0.1, 0.15) is 5.75 Å². The molecule has 0 bridgehead atoms. The van der Waals surface area contributed by atoms with Gasteiger partial charge >= 0.3 is 12.4 Å². The number of alkyl halides is 3. The Labute approximate surface area is 128 Å². The average Bonchev–Trinajstić information content (AvgIpc) is 2.83. The molecule has 0 radical (unpaired) electrons.